The number of piperazine rings is 1. The van der Waals surface area contributed by atoms with Gasteiger partial charge in [-0.1, -0.05) is 49.3 Å². The van der Waals surface area contributed by atoms with E-state index in [1.807, 2.05) is 23.1 Å². The lowest BCUT2D eigenvalue weighted by atomic mass is 10.2. The van der Waals surface area contributed by atoms with Gasteiger partial charge in [0.25, 0.3) is 0 Å². The molecule has 0 saturated carbocycles. The Balaban J connectivity index is 1.47. The van der Waals surface area contributed by atoms with Crippen LogP contribution in [0.4, 0.5) is 0 Å². The van der Waals surface area contributed by atoms with E-state index in [0.717, 1.165) is 24.7 Å². The summed E-state index contributed by atoms with van der Waals surface area (Å²) in [6.07, 6.45) is 1.37. The zero-order chi connectivity index (χ0) is 23.1. The summed E-state index contributed by atoms with van der Waals surface area (Å²) < 4.78 is 26.5. The van der Waals surface area contributed by atoms with E-state index < -0.39 is 10.0 Å². The van der Waals surface area contributed by atoms with Crippen LogP contribution >= 0.6 is 23.4 Å². The van der Waals surface area contributed by atoms with Crippen LogP contribution in [-0.4, -0.2) is 78.4 Å². The summed E-state index contributed by atoms with van der Waals surface area (Å²) in [6, 6.07) is 11.1. The van der Waals surface area contributed by atoms with E-state index in [2.05, 4.69) is 16.0 Å². The first-order valence-corrected chi connectivity index (χ1v) is 13.5. The van der Waals surface area contributed by atoms with Crippen molar-refractivity contribution in [3.05, 3.63) is 53.2 Å². The van der Waals surface area contributed by atoms with Gasteiger partial charge in [-0.2, -0.15) is 4.31 Å². The van der Waals surface area contributed by atoms with E-state index in [1.165, 1.54) is 27.8 Å². The quantitative estimate of drug-likeness (QED) is 0.496. The summed E-state index contributed by atoms with van der Waals surface area (Å²) in [5.74, 6) is 0.350. The fraction of sp³-hybridized carbons (Fsp3) is 0.455. The topological polar surface area (TPSA) is 73.8 Å². The van der Waals surface area contributed by atoms with Crippen LogP contribution in [0, 0.1) is 0 Å². The van der Waals surface area contributed by atoms with E-state index in [4.69, 9.17) is 11.6 Å². The van der Waals surface area contributed by atoms with Crippen LogP contribution in [0.25, 0.3) is 0 Å². The number of hydrogen-bond acceptors (Lipinski definition) is 6. The van der Waals surface area contributed by atoms with Crippen LogP contribution in [0.5, 0.6) is 0 Å². The van der Waals surface area contributed by atoms with Gasteiger partial charge in [-0.15, -0.1) is 0 Å². The highest BCUT2D eigenvalue weighted by atomic mass is 35.5. The number of nitrogens with zero attached hydrogens (tertiary/aromatic N) is 4. The van der Waals surface area contributed by atoms with Crippen molar-refractivity contribution in [2.24, 2.45) is 0 Å². The Kier molecular flexibility index (Phi) is 8.95. The molecule has 0 N–H and O–H groups in total. The van der Waals surface area contributed by atoms with Gasteiger partial charge in [0, 0.05) is 57.0 Å². The van der Waals surface area contributed by atoms with Crippen molar-refractivity contribution in [2.45, 2.75) is 30.3 Å². The van der Waals surface area contributed by atoms with Crippen LogP contribution < -0.4 is 0 Å². The predicted molar refractivity (Wildman–Crippen MR) is 128 cm³/mol. The molecular weight excluding hydrogens is 468 g/mol. The van der Waals surface area contributed by atoms with E-state index in [1.54, 1.807) is 26.0 Å². The van der Waals surface area contributed by atoms with Crippen LogP contribution in [0.1, 0.15) is 19.4 Å². The third kappa shape index (κ3) is 6.45. The molecule has 1 aliphatic rings. The van der Waals surface area contributed by atoms with Gasteiger partial charge in [-0.25, -0.2) is 13.4 Å². The van der Waals surface area contributed by atoms with Crippen LogP contribution in [0.2, 0.25) is 5.02 Å². The van der Waals surface area contributed by atoms with Gasteiger partial charge in [0.2, 0.25) is 15.9 Å². The second-order valence-electron chi connectivity index (χ2n) is 7.50. The minimum Gasteiger partial charge on any atom is -0.339 e. The molecule has 2 aromatic rings. The van der Waals surface area contributed by atoms with E-state index >= 15 is 0 Å². The van der Waals surface area contributed by atoms with E-state index in [-0.39, 0.29) is 16.6 Å². The largest absolute Gasteiger partial charge is 0.339 e. The zero-order valence-electron chi connectivity index (χ0n) is 18.4. The molecular formula is C22H29ClN4O3S2. The number of sulfonamides is 1. The third-order valence-electron chi connectivity index (χ3n) is 5.42. The number of rotatable bonds is 9. The molecule has 32 heavy (non-hydrogen) atoms. The maximum absolute atomic E-state index is 12.6. The molecule has 1 amide bonds. The molecule has 1 aromatic carbocycles. The maximum atomic E-state index is 12.6. The Morgan fingerprint density at radius 1 is 1.12 bits per heavy atom. The molecule has 2 heterocycles. The van der Waals surface area contributed by atoms with Crippen molar-refractivity contribution in [1.29, 1.82) is 0 Å². The number of hydrogen-bond donors (Lipinski definition) is 0. The molecule has 0 radical (unpaired) electrons. The van der Waals surface area contributed by atoms with Crippen molar-refractivity contribution in [3.63, 3.8) is 0 Å². The zero-order valence-corrected chi connectivity index (χ0v) is 20.8. The molecule has 3 rings (SSSR count). The molecule has 174 valence electrons. The second-order valence-corrected chi connectivity index (χ2v) is 10.9. The van der Waals surface area contributed by atoms with Gasteiger partial charge < -0.3 is 4.90 Å². The summed E-state index contributed by atoms with van der Waals surface area (Å²) in [4.78, 5) is 21.2. The summed E-state index contributed by atoms with van der Waals surface area (Å²) >= 11 is 7.39. The number of amides is 1. The van der Waals surface area contributed by atoms with E-state index in [9.17, 15) is 13.2 Å². The Morgan fingerprint density at radius 2 is 1.84 bits per heavy atom. The summed E-state index contributed by atoms with van der Waals surface area (Å²) in [5, 5.41) is 1.37. The summed E-state index contributed by atoms with van der Waals surface area (Å²) in [7, 11) is -3.52. The molecule has 0 spiro atoms. The maximum Gasteiger partial charge on any atom is 0.244 e. The van der Waals surface area contributed by atoms with Crippen molar-refractivity contribution in [1.82, 2.24) is 19.1 Å². The lowest BCUT2D eigenvalue weighted by Gasteiger charge is -2.34. The SMILES string of the molecule is CCN(CC)S(=O)(=O)c1ccc(SCC(=O)N2CCN(Cc3cccc(Cl)c3)CC2)nc1. The third-order valence-corrected chi connectivity index (χ3v) is 8.61. The number of carbonyl (C=O) groups is 1. The smallest absolute Gasteiger partial charge is 0.244 e. The number of pyridine rings is 1. The summed E-state index contributed by atoms with van der Waals surface area (Å²) in [6.45, 7) is 8.28. The van der Waals surface area contributed by atoms with Crippen LogP contribution in [0.3, 0.4) is 0 Å². The van der Waals surface area contributed by atoms with Gasteiger partial charge in [0.1, 0.15) is 4.90 Å². The average Bonchev–Trinajstić information content (AvgIpc) is 2.79. The molecule has 0 atom stereocenters. The van der Waals surface area contributed by atoms with Crippen molar-refractivity contribution in [3.8, 4) is 0 Å². The molecule has 1 aliphatic heterocycles. The first kappa shape index (κ1) is 25.0. The van der Waals surface area contributed by atoms with Crippen molar-refractivity contribution in [2.75, 3.05) is 45.0 Å². The standard InChI is InChI=1S/C22H29ClN4O3S2/c1-3-27(4-2)32(29,30)20-8-9-21(24-15-20)31-17-22(28)26-12-10-25(11-13-26)16-18-6-5-7-19(23)14-18/h5-9,14-15H,3-4,10-13,16-17H2,1-2H3. The van der Waals surface area contributed by atoms with Gasteiger partial charge in [0.05, 0.1) is 10.8 Å². The van der Waals surface area contributed by atoms with Crippen molar-refractivity contribution < 1.29 is 13.2 Å². The number of thioether (sulfide) groups is 1. The molecule has 7 nitrogen and oxygen atoms in total. The Labute approximate surface area is 199 Å². The molecule has 1 fully saturated rings. The van der Waals surface area contributed by atoms with E-state index in [0.29, 0.717) is 31.2 Å². The number of halogens is 1. The minimum absolute atomic E-state index is 0.0686. The van der Waals surface area contributed by atoms with Gasteiger partial charge in [0.15, 0.2) is 0 Å². The molecule has 1 aromatic heterocycles. The molecule has 0 bridgehead atoms. The summed E-state index contributed by atoms with van der Waals surface area (Å²) in [5.41, 5.74) is 1.17. The number of aromatic nitrogens is 1. The lowest BCUT2D eigenvalue weighted by Crippen LogP contribution is -2.48. The fourth-order valence-electron chi connectivity index (χ4n) is 3.59. The first-order valence-electron chi connectivity index (χ1n) is 10.7. The molecule has 10 heteroatoms. The molecule has 1 saturated heterocycles. The monoisotopic (exact) mass is 496 g/mol. The Morgan fingerprint density at radius 3 is 2.44 bits per heavy atom. The predicted octanol–water partition coefficient (Wildman–Crippen LogP) is 3.20. The minimum atomic E-state index is -3.52. The van der Waals surface area contributed by atoms with Crippen LogP contribution in [0.15, 0.2) is 52.5 Å². The average molecular weight is 497 g/mol. The van der Waals surface area contributed by atoms with Gasteiger partial charge in [-0.05, 0) is 29.8 Å². The number of carbonyl (C=O) groups excluding carboxylic acids is 1. The highest BCUT2D eigenvalue weighted by Crippen LogP contribution is 2.21. The molecule has 0 unspecified atom stereocenters. The van der Waals surface area contributed by atoms with Crippen molar-refractivity contribution >= 4 is 39.3 Å². The Hall–Kier alpha value is -1.65. The second kappa shape index (κ2) is 11.5. The van der Waals surface area contributed by atoms with Crippen LogP contribution in [-0.2, 0) is 21.4 Å². The Bertz CT molecular complexity index is 1010. The molecule has 0 aliphatic carbocycles. The van der Waals surface area contributed by atoms with Gasteiger partial charge in [-0.3, -0.25) is 9.69 Å². The first-order chi connectivity index (χ1) is 15.3. The lowest BCUT2D eigenvalue weighted by molar-refractivity contribution is -0.130. The van der Waals surface area contributed by atoms with Gasteiger partial charge >= 0.3 is 0 Å². The number of benzene rings is 1. The fourth-order valence-corrected chi connectivity index (χ4v) is 5.96. The normalized spacial score (nSPS) is 15.3. The highest BCUT2D eigenvalue weighted by molar-refractivity contribution is 7.99. The highest BCUT2D eigenvalue weighted by Gasteiger charge is 2.23.